The predicted octanol–water partition coefficient (Wildman–Crippen LogP) is 6.26. The second kappa shape index (κ2) is 11.1. The first-order valence-electron chi connectivity index (χ1n) is 11.7. The summed E-state index contributed by atoms with van der Waals surface area (Å²) in [5.74, 6) is 1.49. The van der Waals surface area contributed by atoms with Gasteiger partial charge in [-0.3, -0.25) is 0 Å². The third-order valence-corrected chi connectivity index (χ3v) is 7.25. The van der Waals surface area contributed by atoms with Crippen LogP contribution in [0.15, 0.2) is 95.3 Å². The van der Waals surface area contributed by atoms with Crippen molar-refractivity contribution in [1.82, 2.24) is 14.8 Å². The molecule has 1 aromatic heterocycles. The van der Waals surface area contributed by atoms with Gasteiger partial charge in [0.25, 0.3) is 0 Å². The van der Waals surface area contributed by atoms with E-state index in [1.165, 1.54) is 18.9 Å². The summed E-state index contributed by atoms with van der Waals surface area (Å²) in [6.45, 7) is 2.31. The van der Waals surface area contributed by atoms with Crippen LogP contribution in [0.3, 0.4) is 0 Å². The third kappa shape index (κ3) is 5.50. The topological polar surface area (TPSA) is 78.3 Å². The van der Waals surface area contributed by atoms with E-state index in [1.54, 1.807) is 4.68 Å². The smallest absolute Gasteiger partial charge is 0.338 e. The lowest BCUT2D eigenvalue weighted by Crippen LogP contribution is -2.29. The first-order chi connectivity index (χ1) is 18.0. The molecular formula is C28H25ClN4O3S. The lowest BCUT2D eigenvalue weighted by molar-refractivity contribution is -0.136. The predicted molar refractivity (Wildman–Crippen MR) is 145 cm³/mol. The van der Waals surface area contributed by atoms with Gasteiger partial charge in [0.05, 0.1) is 12.7 Å². The van der Waals surface area contributed by atoms with Gasteiger partial charge in [0.2, 0.25) is 11.1 Å². The molecule has 0 saturated heterocycles. The first-order valence-corrected chi connectivity index (χ1v) is 13.1. The van der Waals surface area contributed by atoms with Crippen molar-refractivity contribution in [3.8, 4) is 5.75 Å². The molecule has 1 aliphatic rings. The normalized spacial score (nSPS) is 14.6. The number of anilines is 1. The zero-order valence-electron chi connectivity index (χ0n) is 20.3. The lowest BCUT2D eigenvalue weighted by atomic mass is 9.96. The number of ether oxygens (including phenoxy) is 2. The maximum atomic E-state index is 12.8. The Bertz CT molecular complexity index is 1440. The number of allylic oxidation sites excluding steroid dienone is 1. The molecule has 0 saturated carbocycles. The highest BCUT2D eigenvalue weighted by atomic mass is 35.5. The van der Waals surface area contributed by atoms with Crippen molar-refractivity contribution < 1.29 is 14.3 Å². The number of halogens is 1. The Morgan fingerprint density at radius 2 is 1.78 bits per heavy atom. The van der Waals surface area contributed by atoms with Crippen molar-refractivity contribution in [3.05, 3.63) is 112 Å². The summed E-state index contributed by atoms with van der Waals surface area (Å²) in [6, 6.07) is 24.9. The molecule has 4 aromatic rings. The monoisotopic (exact) mass is 532 g/mol. The number of esters is 1. The van der Waals surface area contributed by atoms with Gasteiger partial charge in [0.1, 0.15) is 18.4 Å². The molecule has 0 amide bonds. The third-order valence-electron chi connectivity index (χ3n) is 6.00. The molecule has 7 nitrogen and oxygen atoms in total. The van der Waals surface area contributed by atoms with Crippen LogP contribution in [-0.2, 0) is 21.9 Å². The summed E-state index contributed by atoms with van der Waals surface area (Å²) in [5.41, 5.74) is 4.10. The number of methoxy groups -OCH3 is 1. The Balaban J connectivity index is 1.41. The van der Waals surface area contributed by atoms with E-state index in [0.717, 1.165) is 22.4 Å². The molecule has 0 aliphatic carbocycles. The van der Waals surface area contributed by atoms with Gasteiger partial charge in [0.15, 0.2) is 0 Å². The Kier molecular flexibility index (Phi) is 7.48. The summed E-state index contributed by atoms with van der Waals surface area (Å²) in [7, 11) is 1.38. The standard InChI is InChI=1S/C28H25ClN4O3S/c1-18-24(26(34)35-2)25(20-12-14-22(15-13-20)36-16-19-8-4-3-5-9-19)33-27(30-18)31-28(32-33)37-17-21-10-6-7-11-23(21)29/h3-15,25H,16-17H2,1-2H3,(H,30,31,32). The number of nitrogens with one attached hydrogen (secondary N) is 1. The molecule has 0 bridgehead atoms. The molecule has 3 aromatic carbocycles. The molecule has 5 rings (SSSR count). The Hall–Kier alpha value is -3.75. The number of hydrogen-bond donors (Lipinski definition) is 1. The van der Waals surface area contributed by atoms with Crippen molar-refractivity contribution in [2.75, 3.05) is 12.4 Å². The van der Waals surface area contributed by atoms with Crippen molar-refractivity contribution in [2.45, 2.75) is 30.5 Å². The maximum absolute atomic E-state index is 12.8. The number of carbonyl (C=O) groups excluding carboxylic acids is 1. The molecule has 188 valence electrons. The molecule has 1 aliphatic heterocycles. The maximum Gasteiger partial charge on any atom is 0.338 e. The number of rotatable bonds is 8. The lowest BCUT2D eigenvalue weighted by Gasteiger charge is -2.27. The van der Waals surface area contributed by atoms with Crippen LogP contribution in [0.2, 0.25) is 5.02 Å². The van der Waals surface area contributed by atoms with Gasteiger partial charge in [0, 0.05) is 16.5 Å². The van der Waals surface area contributed by atoms with Crippen molar-refractivity contribution in [1.29, 1.82) is 0 Å². The molecule has 37 heavy (non-hydrogen) atoms. The van der Waals surface area contributed by atoms with E-state index in [4.69, 9.17) is 26.2 Å². The average Bonchev–Trinajstić information content (AvgIpc) is 3.33. The number of fused-ring (bicyclic) bond motifs is 1. The van der Waals surface area contributed by atoms with Crippen LogP contribution < -0.4 is 10.1 Å². The summed E-state index contributed by atoms with van der Waals surface area (Å²) in [5, 5.41) is 9.23. The van der Waals surface area contributed by atoms with Crippen molar-refractivity contribution >= 4 is 35.3 Å². The fourth-order valence-corrected chi connectivity index (χ4v) is 5.23. The van der Waals surface area contributed by atoms with E-state index < -0.39 is 12.0 Å². The van der Waals surface area contributed by atoms with E-state index in [9.17, 15) is 4.79 Å². The second-order valence-electron chi connectivity index (χ2n) is 8.44. The van der Waals surface area contributed by atoms with Crippen molar-refractivity contribution in [2.24, 2.45) is 0 Å². The Morgan fingerprint density at radius 3 is 2.51 bits per heavy atom. The van der Waals surface area contributed by atoms with Crippen molar-refractivity contribution in [3.63, 3.8) is 0 Å². The molecule has 0 fully saturated rings. The van der Waals surface area contributed by atoms with Gasteiger partial charge in [-0.1, -0.05) is 84.0 Å². The molecule has 1 N–H and O–H groups in total. The minimum Gasteiger partial charge on any atom is -0.489 e. The van der Waals surface area contributed by atoms with Gasteiger partial charge in [-0.25, -0.2) is 9.48 Å². The molecule has 1 atom stereocenters. The molecule has 0 radical (unpaired) electrons. The number of thioether (sulfide) groups is 1. The fourth-order valence-electron chi connectivity index (χ4n) is 4.12. The van der Waals surface area contributed by atoms with Gasteiger partial charge in [-0.2, -0.15) is 4.98 Å². The Morgan fingerprint density at radius 1 is 1.05 bits per heavy atom. The SMILES string of the molecule is COC(=O)C1=C(C)Nc2nc(SCc3ccccc3Cl)nn2C1c1ccc(OCc2ccccc2)cc1. The molecule has 1 unspecified atom stereocenters. The quantitative estimate of drug-likeness (QED) is 0.212. The Labute approximate surface area is 224 Å². The highest BCUT2D eigenvalue weighted by Crippen LogP contribution is 2.37. The molecular weight excluding hydrogens is 508 g/mol. The van der Waals surface area contributed by atoms with E-state index in [2.05, 4.69) is 10.3 Å². The summed E-state index contributed by atoms with van der Waals surface area (Å²) in [4.78, 5) is 17.5. The molecule has 2 heterocycles. The summed E-state index contributed by atoms with van der Waals surface area (Å²) >= 11 is 7.79. The second-order valence-corrected chi connectivity index (χ2v) is 9.79. The van der Waals surface area contributed by atoms with Gasteiger partial charge in [-0.15, -0.1) is 5.10 Å². The number of hydrogen-bond acceptors (Lipinski definition) is 7. The van der Waals surface area contributed by atoms with Gasteiger partial charge >= 0.3 is 5.97 Å². The van der Waals surface area contributed by atoms with Crippen LogP contribution in [0.1, 0.15) is 29.7 Å². The average molecular weight is 533 g/mol. The van der Waals surface area contributed by atoms with Crippen LogP contribution in [0, 0.1) is 0 Å². The number of carbonyl (C=O) groups is 1. The van der Waals surface area contributed by atoms with Gasteiger partial charge < -0.3 is 14.8 Å². The van der Waals surface area contributed by atoms with Crippen LogP contribution in [0.4, 0.5) is 5.95 Å². The zero-order chi connectivity index (χ0) is 25.8. The number of nitrogens with zero attached hydrogens (tertiary/aromatic N) is 3. The fraction of sp³-hybridized carbons (Fsp3) is 0.179. The number of aromatic nitrogens is 3. The summed E-state index contributed by atoms with van der Waals surface area (Å²) in [6.07, 6.45) is 0. The van der Waals surface area contributed by atoms with E-state index in [0.29, 0.717) is 39.8 Å². The first kappa shape index (κ1) is 24.9. The number of benzene rings is 3. The van der Waals surface area contributed by atoms with Crippen LogP contribution in [0.5, 0.6) is 5.75 Å². The molecule has 0 spiro atoms. The van der Waals surface area contributed by atoms with E-state index in [1.807, 2.05) is 85.8 Å². The van der Waals surface area contributed by atoms with Gasteiger partial charge in [-0.05, 0) is 41.8 Å². The van der Waals surface area contributed by atoms with E-state index in [-0.39, 0.29) is 0 Å². The largest absolute Gasteiger partial charge is 0.489 e. The van der Waals surface area contributed by atoms with Crippen LogP contribution in [0.25, 0.3) is 0 Å². The molecule has 9 heteroatoms. The zero-order valence-corrected chi connectivity index (χ0v) is 21.9. The summed E-state index contributed by atoms with van der Waals surface area (Å²) < 4.78 is 12.8. The highest BCUT2D eigenvalue weighted by molar-refractivity contribution is 7.98. The minimum absolute atomic E-state index is 0.425. The van der Waals surface area contributed by atoms with Crippen LogP contribution >= 0.6 is 23.4 Å². The van der Waals surface area contributed by atoms with E-state index >= 15 is 0 Å². The van der Waals surface area contributed by atoms with Crippen LogP contribution in [-0.4, -0.2) is 27.8 Å². The minimum atomic E-state index is -0.506. The highest BCUT2D eigenvalue weighted by Gasteiger charge is 2.35.